The number of ether oxygens (including phenoxy) is 2. The number of nitrogens with zero attached hydrogens (tertiary/aromatic N) is 2. The van der Waals surface area contributed by atoms with Crippen molar-refractivity contribution in [1.82, 2.24) is 9.78 Å². The highest BCUT2D eigenvalue weighted by Gasteiger charge is 2.15. The molecule has 0 saturated heterocycles. The second-order valence-electron chi connectivity index (χ2n) is 6.35. The Labute approximate surface area is 185 Å². The van der Waals surface area contributed by atoms with E-state index in [1.165, 1.54) is 24.3 Å². The number of carbonyl (C=O) groups excluding carboxylic acids is 2. The molecule has 0 atom stereocenters. The number of amides is 1. The molecule has 0 aliphatic carbocycles. The first kappa shape index (κ1) is 22.9. The number of hydrogen-bond donors (Lipinski definition) is 1. The van der Waals surface area contributed by atoms with Crippen LogP contribution in [0.25, 0.3) is 0 Å². The Balaban J connectivity index is 1.58. The van der Waals surface area contributed by atoms with Crippen molar-refractivity contribution in [3.63, 3.8) is 0 Å². The Morgan fingerprint density at radius 3 is 2.53 bits per heavy atom. The topological polar surface area (TPSA) is 99.5 Å². The molecule has 0 bridgehead atoms. The van der Waals surface area contributed by atoms with Crippen LogP contribution >= 0.6 is 11.6 Å². The van der Waals surface area contributed by atoms with E-state index >= 15 is 0 Å². The normalized spacial score (nSPS) is 10.6. The van der Waals surface area contributed by atoms with Gasteiger partial charge in [0.05, 0.1) is 11.6 Å². The van der Waals surface area contributed by atoms with Crippen molar-refractivity contribution in [3.05, 3.63) is 87.3 Å². The third-order valence-electron chi connectivity index (χ3n) is 4.02. The lowest BCUT2D eigenvalue weighted by Crippen LogP contribution is -2.26. The summed E-state index contributed by atoms with van der Waals surface area (Å²) in [4.78, 5) is 36.3. The van der Waals surface area contributed by atoms with E-state index in [0.717, 1.165) is 16.3 Å². The van der Waals surface area contributed by atoms with Crippen molar-refractivity contribution in [2.45, 2.75) is 13.2 Å². The average Bonchev–Trinajstić information content (AvgIpc) is 2.76. The number of alkyl halides is 2. The molecule has 32 heavy (non-hydrogen) atoms. The maximum absolute atomic E-state index is 12.3. The van der Waals surface area contributed by atoms with Gasteiger partial charge in [0.25, 0.3) is 11.5 Å². The van der Waals surface area contributed by atoms with Gasteiger partial charge in [-0.15, -0.1) is 0 Å². The second kappa shape index (κ2) is 10.5. The Kier molecular flexibility index (Phi) is 7.50. The number of benzene rings is 2. The molecule has 8 nitrogen and oxygen atoms in total. The number of hydrogen-bond acceptors (Lipinski definition) is 6. The van der Waals surface area contributed by atoms with Gasteiger partial charge in [-0.1, -0.05) is 41.9 Å². The van der Waals surface area contributed by atoms with Gasteiger partial charge in [0.15, 0.2) is 12.3 Å². The molecule has 1 aromatic heterocycles. The molecule has 1 amide bonds. The van der Waals surface area contributed by atoms with E-state index in [-0.39, 0.29) is 28.7 Å². The van der Waals surface area contributed by atoms with Crippen LogP contribution in [-0.4, -0.2) is 34.9 Å². The molecule has 0 radical (unpaired) electrons. The Morgan fingerprint density at radius 1 is 1.09 bits per heavy atom. The van der Waals surface area contributed by atoms with Crippen LogP contribution < -0.4 is 15.6 Å². The van der Waals surface area contributed by atoms with Gasteiger partial charge in [0.1, 0.15) is 5.75 Å². The predicted molar refractivity (Wildman–Crippen MR) is 111 cm³/mol. The molecule has 1 N–H and O–H groups in total. The molecule has 0 unspecified atom stereocenters. The van der Waals surface area contributed by atoms with E-state index in [2.05, 4.69) is 15.2 Å². The van der Waals surface area contributed by atoms with Crippen molar-refractivity contribution >= 4 is 29.2 Å². The van der Waals surface area contributed by atoms with E-state index in [0.29, 0.717) is 0 Å². The van der Waals surface area contributed by atoms with Gasteiger partial charge in [-0.3, -0.25) is 9.59 Å². The quantitative estimate of drug-likeness (QED) is 0.514. The summed E-state index contributed by atoms with van der Waals surface area (Å²) in [6.45, 7) is -3.53. The summed E-state index contributed by atoms with van der Waals surface area (Å²) >= 11 is 5.82. The van der Waals surface area contributed by atoms with Crippen LogP contribution in [0, 0.1) is 0 Å². The molecule has 0 fully saturated rings. The third-order valence-corrected chi connectivity index (χ3v) is 4.31. The third kappa shape index (κ3) is 6.35. The maximum Gasteiger partial charge on any atom is 0.387 e. The standard InChI is InChI=1S/C21H16ClF2N3O5/c22-15-10-14(6-8-17(15)32-21(23)24)25-18(28)12-31-20(30)16-7-9-19(29)27(26-16)11-13-4-2-1-3-5-13/h1-10,21H,11-12H2,(H,25,28). The SMILES string of the molecule is O=C(COC(=O)c1ccc(=O)n(Cc2ccccc2)n1)Nc1ccc(OC(F)F)c(Cl)c1. The summed E-state index contributed by atoms with van der Waals surface area (Å²) in [5, 5.41) is 6.25. The molecule has 3 aromatic rings. The van der Waals surface area contributed by atoms with Gasteiger partial charge >= 0.3 is 12.6 Å². The van der Waals surface area contributed by atoms with E-state index < -0.39 is 30.7 Å². The van der Waals surface area contributed by atoms with Gasteiger partial charge < -0.3 is 14.8 Å². The molecule has 11 heteroatoms. The van der Waals surface area contributed by atoms with E-state index in [4.69, 9.17) is 16.3 Å². The number of halogens is 3. The average molecular weight is 464 g/mol. The smallest absolute Gasteiger partial charge is 0.387 e. The predicted octanol–water partition coefficient (Wildman–Crippen LogP) is 3.34. The number of nitrogens with one attached hydrogen (secondary N) is 1. The van der Waals surface area contributed by atoms with Crippen molar-refractivity contribution in [2.24, 2.45) is 0 Å². The lowest BCUT2D eigenvalue weighted by atomic mass is 10.2. The highest BCUT2D eigenvalue weighted by Crippen LogP contribution is 2.28. The fourth-order valence-electron chi connectivity index (χ4n) is 2.60. The monoisotopic (exact) mass is 463 g/mol. The minimum absolute atomic E-state index is 0.134. The summed E-state index contributed by atoms with van der Waals surface area (Å²) in [6.07, 6.45) is 0. The fraction of sp³-hybridized carbons (Fsp3) is 0.143. The van der Waals surface area contributed by atoms with Crippen LogP contribution in [0.2, 0.25) is 5.02 Å². The summed E-state index contributed by atoms with van der Waals surface area (Å²) in [5.74, 6) is -1.85. The van der Waals surface area contributed by atoms with Gasteiger partial charge in [0.2, 0.25) is 0 Å². The molecular formula is C21H16ClF2N3O5. The molecule has 1 heterocycles. The lowest BCUT2D eigenvalue weighted by molar-refractivity contribution is -0.119. The summed E-state index contributed by atoms with van der Waals surface area (Å²) in [6, 6.07) is 15.1. The molecular weight excluding hydrogens is 448 g/mol. The molecule has 2 aromatic carbocycles. The fourth-order valence-corrected chi connectivity index (χ4v) is 2.82. The number of rotatable bonds is 8. The number of esters is 1. The van der Waals surface area contributed by atoms with Crippen molar-refractivity contribution < 1.29 is 27.8 Å². The van der Waals surface area contributed by atoms with Gasteiger partial charge in [-0.2, -0.15) is 13.9 Å². The molecule has 166 valence electrons. The first-order valence-corrected chi connectivity index (χ1v) is 9.53. The summed E-state index contributed by atoms with van der Waals surface area (Å²) in [5.41, 5.74) is 0.451. The van der Waals surface area contributed by atoms with E-state index in [1.807, 2.05) is 30.3 Å². The summed E-state index contributed by atoms with van der Waals surface area (Å²) in [7, 11) is 0. The number of anilines is 1. The van der Waals surface area contributed by atoms with Crippen molar-refractivity contribution in [3.8, 4) is 5.75 Å². The van der Waals surface area contributed by atoms with E-state index in [1.54, 1.807) is 0 Å². The molecule has 0 saturated carbocycles. The zero-order valence-electron chi connectivity index (χ0n) is 16.3. The maximum atomic E-state index is 12.3. The minimum atomic E-state index is -3.04. The highest BCUT2D eigenvalue weighted by molar-refractivity contribution is 6.32. The van der Waals surface area contributed by atoms with Crippen molar-refractivity contribution in [1.29, 1.82) is 0 Å². The first-order chi connectivity index (χ1) is 15.3. The van der Waals surface area contributed by atoms with Crippen LogP contribution in [0.4, 0.5) is 14.5 Å². The first-order valence-electron chi connectivity index (χ1n) is 9.15. The van der Waals surface area contributed by atoms with Gasteiger partial charge in [-0.05, 0) is 29.8 Å². The zero-order chi connectivity index (χ0) is 23.1. The highest BCUT2D eigenvalue weighted by atomic mass is 35.5. The van der Waals surface area contributed by atoms with Gasteiger partial charge in [-0.25, -0.2) is 9.48 Å². The van der Waals surface area contributed by atoms with Crippen LogP contribution in [0.1, 0.15) is 16.1 Å². The van der Waals surface area contributed by atoms with Crippen LogP contribution in [0.5, 0.6) is 5.75 Å². The zero-order valence-corrected chi connectivity index (χ0v) is 17.1. The Bertz CT molecular complexity index is 1170. The molecule has 0 aliphatic heterocycles. The lowest BCUT2D eigenvalue weighted by Gasteiger charge is -2.10. The summed E-state index contributed by atoms with van der Waals surface area (Å²) < 4.78 is 34.8. The number of aromatic nitrogens is 2. The van der Waals surface area contributed by atoms with E-state index in [9.17, 15) is 23.2 Å². The largest absolute Gasteiger partial charge is 0.451 e. The van der Waals surface area contributed by atoms with Crippen molar-refractivity contribution in [2.75, 3.05) is 11.9 Å². The van der Waals surface area contributed by atoms with Gasteiger partial charge in [0, 0.05) is 11.8 Å². The Morgan fingerprint density at radius 2 is 1.84 bits per heavy atom. The van der Waals surface area contributed by atoms with Crippen LogP contribution in [0.3, 0.4) is 0 Å². The van der Waals surface area contributed by atoms with Crippen LogP contribution in [0.15, 0.2) is 65.5 Å². The van der Waals surface area contributed by atoms with Crippen LogP contribution in [-0.2, 0) is 16.1 Å². The Hall–Kier alpha value is -3.79. The molecule has 0 spiro atoms. The number of carbonyl (C=O) groups is 2. The molecule has 0 aliphatic rings. The second-order valence-corrected chi connectivity index (χ2v) is 6.76. The molecule has 3 rings (SSSR count). The minimum Gasteiger partial charge on any atom is -0.451 e.